The summed E-state index contributed by atoms with van der Waals surface area (Å²) < 4.78 is 7.87. The Morgan fingerprint density at radius 1 is 1.17 bits per heavy atom. The summed E-state index contributed by atoms with van der Waals surface area (Å²) in [7, 11) is 2.99. The molecule has 0 saturated heterocycles. The standard InChI is InChI=1S/C20H19N5O4/c1-24-15-5-3-4-6-16(15)25(20(24)28)10-9-17(26)21-12-7-8-14-13(11-12)18(23-22-14)19(27)29-2/h3-8,11H,9-10H2,1-2H3,(H,21,26)(H,22,23). The van der Waals surface area contributed by atoms with Crippen molar-refractivity contribution in [2.75, 3.05) is 12.4 Å². The highest BCUT2D eigenvalue weighted by atomic mass is 16.5. The van der Waals surface area contributed by atoms with Gasteiger partial charge in [-0.25, -0.2) is 9.59 Å². The number of para-hydroxylation sites is 2. The van der Waals surface area contributed by atoms with Gasteiger partial charge in [0, 0.05) is 31.1 Å². The summed E-state index contributed by atoms with van der Waals surface area (Å²) in [6, 6.07) is 12.5. The first-order valence-electron chi connectivity index (χ1n) is 9.00. The second kappa shape index (κ2) is 7.27. The molecule has 1 amide bonds. The molecule has 0 atom stereocenters. The van der Waals surface area contributed by atoms with E-state index in [0.29, 0.717) is 16.6 Å². The normalized spacial score (nSPS) is 11.1. The van der Waals surface area contributed by atoms with Crippen LogP contribution in [0.1, 0.15) is 16.9 Å². The maximum atomic E-state index is 12.4. The molecule has 0 unspecified atom stereocenters. The van der Waals surface area contributed by atoms with Crippen LogP contribution in [-0.4, -0.2) is 38.3 Å². The van der Waals surface area contributed by atoms with Crippen LogP contribution in [0.25, 0.3) is 21.9 Å². The predicted molar refractivity (Wildman–Crippen MR) is 108 cm³/mol. The third-order valence-electron chi connectivity index (χ3n) is 4.84. The molecule has 148 valence electrons. The zero-order valence-electron chi connectivity index (χ0n) is 15.9. The Kier molecular flexibility index (Phi) is 4.63. The van der Waals surface area contributed by atoms with Crippen molar-refractivity contribution in [3.05, 3.63) is 58.6 Å². The number of aryl methyl sites for hydroxylation is 2. The van der Waals surface area contributed by atoms with Crippen molar-refractivity contribution in [2.45, 2.75) is 13.0 Å². The first-order chi connectivity index (χ1) is 14.0. The highest BCUT2D eigenvalue weighted by molar-refractivity contribution is 6.03. The number of aromatic nitrogens is 4. The maximum Gasteiger partial charge on any atom is 0.359 e. The second-order valence-electron chi connectivity index (χ2n) is 6.60. The Balaban J connectivity index is 1.52. The second-order valence-corrected chi connectivity index (χ2v) is 6.60. The van der Waals surface area contributed by atoms with Crippen molar-refractivity contribution in [3.63, 3.8) is 0 Å². The molecule has 9 heteroatoms. The summed E-state index contributed by atoms with van der Waals surface area (Å²) >= 11 is 0. The van der Waals surface area contributed by atoms with E-state index >= 15 is 0 Å². The Hall–Kier alpha value is -3.88. The van der Waals surface area contributed by atoms with Gasteiger partial charge in [0.15, 0.2) is 5.69 Å². The number of hydrogen-bond acceptors (Lipinski definition) is 5. The number of methoxy groups -OCH3 is 1. The first-order valence-corrected chi connectivity index (χ1v) is 9.00. The number of carbonyl (C=O) groups excluding carboxylic acids is 2. The topological polar surface area (TPSA) is 111 Å². The van der Waals surface area contributed by atoms with Crippen LogP contribution in [0.5, 0.6) is 0 Å². The van der Waals surface area contributed by atoms with E-state index in [1.165, 1.54) is 7.11 Å². The van der Waals surface area contributed by atoms with Crippen LogP contribution < -0.4 is 11.0 Å². The van der Waals surface area contributed by atoms with E-state index in [2.05, 4.69) is 15.5 Å². The maximum absolute atomic E-state index is 12.4. The number of fused-ring (bicyclic) bond motifs is 2. The third-order valence-corrected chi connectivity index (χ3v) is 4.84. The van der Waals surface area contributed by atoms with Gasteiger partial charge in [0.1, 0.15) is 0 Å². The Labute approximate surface area is 164 Å². The summed E-state index contributed by atoms with van der Waals surface area (Å²) in [5.74, 6) is -0.803. The van der Waals surface area contributed by atoms with Crippen molar-refractivity contribution < 1.29 is 14.3 Å². The van der Waals surface area contributed by atoms with Gasteiger partial charge in [0.25, 0.3) is 0 Å². The van der Waals surface area contributed by atoms with E-state index in [1.54, 1.807) is 34.4 Å². The van der Waals surface area contributed by atoms with Gasteiger partial charge in [-0.05, 0) is 30.3 Å². The third kappa shape index (κ3) is 3.27. The number of ether oxygens (including phenoxy) is 1. The van der Waals surface area contributed by atoms with E-state index in [1.807, 2.05) is 24.3 Å². The lowest BCUT2D eigenvalue weighted by atomic mass is 10.2. The van der Waals surface area contributed by atoms with Crippen molar-refractivity contribution in [1.82, 2.24) is 19.3 Å². The van der Waals surface area contributed by atoms with Crippen molar-refractivity contribution >= 4 is 39.5 Å². The van der Waals surface area contributed by atoms with Crippen LogP contribution in [0.4, 0.5) is 5.69 Å². The van der Waals surface area contributed by atoms with Gasteiger partial charge in [0.05, 0.1) is 23.7 Å². The minimum atomic E-state index is -0.560. The Bertz CT molecular complexity index is 1300. The number of aromatic amines is 1. The van der Waals surface area contributed by atoms with E-state index in [-0.39, 0.29) is 30.3 Å². The molecule has 0 aliphatic rings. The summed E-state index contributed by atoms with van der Waals surface area (Å²) in [6.45, 7) is 0.257. The summed E-state index contributed by atoms with van der Waals surface area (Å²) in [5.41, 5.74) is 2.78. The van der Waals surface area contributed by atoms with E-state index < -0.39 is 5.97 Å². The molecule has 0 aliphatic heterocycles. The summed E-state index contributed by atoms with van der Waals surface area (Å²) in [5, 5.41) is 10.1. The summed E-state index contributed by atoms with van der Waals surface area (Å²) in [4.78, 5) is 36.7. The van der Waals surface area contributed by atoms with Gasteiger partial charge < -0.3 is 10.1 Å². The number of nitrogens with zero attached hydrogens (tertiary/aromatic N) is 3. The number of nitrogens with one attached hydrogen (secondary N) is 2. The lowest BCUT2D eigenvalue weighted by molar-refractivity contribution is -0.116. The highest BCUT2D eigenvalue weighted by Gasteiger charge is 2.16. The highest BCUT2D eigenvalue weighted by Crippen LogP contribution is 2.21. The molecule has 4 rings (SSSR count). The molecule has 29 heavy (non-hydrogen) atoms. The largest absolute Gasteiger partial charge is 0.464 e. The van der Waals surface area contributed by atoms with Crippen molar-refractivity contribution in [2.24, 2.45) is 7.05 Å². The van der Waals surface area contributed by atoms with Gasteiger partial charge in [-0.1, -0.05) is 12.1 Å². The van der Waals surface area contributed by atoms with E-state index in [9.17, 15) is 14.4 Å². The monoisotopic (exact) mass is 393 g/mol. The van der Waals surface area contributed by atoms with Crippen LogP contribution in [0, 0.1) is 0 Å². The predicted octanol–water partition coefficient (Wildman–Crippen LogP) is 2.03. The number of hydrogen-bond donors (Lipinski definition) is 2. The van der Waals surface area contributed by atoms with Crippen molar-refractivity contribution in [1.29, 1.82) is 0 Å². The quantitative estimate of drug-likeness (QED) is 0.504. The zero-order valence-corrected chi connectivity index (χ0v) is 15.9. The van der Waals surface area contributed by atoms with E-state index in [0.717, 1.165) is 11.0 Å². The zero-order chi connectivity index (χ0) is 20.5. The molecule has 0 radical (unpaired) electrons. The molecular formula is C20H19N5O4. The molecule has 0 bridgehead atoms. The van der Waals surface area contributed by atoms with Crippen LogP contribution in [-0.2, 0) is 23.1 Å². The molecule has 2 heterocycles. The number of anilines is 1. The number of benzene rings is 2. The number of amides is 1. The van der Waals surface area contributed by atoms with Crippen LogP contribution >= 0.6 is 0 Å². The number of esters is 1. The van der Waals surface area contributed by atoms with E-state index in [4.69, 9.17) is 4.74 Å². The average Bonchev–Trinajstić information content (AvgIpc) is 3.25. The molecule has 9 nitrogen and oxygen atoms in total. The van der Waals surface area contributed by atoms with Gasteiger partial charge in [0.2, 0.25) is 5.91 Å². The molecule has 2 aromatic carbocycles. The lowest BCUT2D eigenvalue weighted by Crippen LogP contribution is -2.24. The first kappa shape index (κ1) is 18.5. The molecule has 0 spiro atoms. The molecule has 2 aromatic heterocycles. The Morgan fingerprint density at radius 2 is 1.93 bits per heavy atom. The fourth-order valence-corrected chi connectivity index (χ4v) is 3.36. The number of imidazole rings is 1. The van der Waals surface area contributed by atoms with Gasteiger partial charge >= 0.3 is 11.7 Å². The molecule has 0 fully saturated rings. The average molecular weight is 393 g/mol. The number of carbonyl (C=O) groups is 2. The smallest absolute Gasteiger partial charge is 0.359 e. The van der Waals surface area contributed by atoms with Crippen LogP contribution in [0.2, 0.25) is 0 Å². The molecular weight excluding hydrogens is 374 g/mol. The minimum absolute atomic E-state index is 0.126. The fourth-order valence-electron chi connectivity index (χ4n) is 3.36. The number of H-pyrrole nitrogens is 1. The molecule has 4 aromatic rings. The summed E-state index contributed by atoms with van der Waals surface area (Å²) in [6.07, 6.45) is 0.126. The van der Waals surface area contributed by atoms with Crippen LogP contribution in [0.15, 0.2) is 47.3 Å². The number of rotatable bonds is 5. The van der Waals surface area contributed by atoms with Gasteiger partial charge in [-0.2, -0.15) is 5.10 Å². The molecule has 0 aliphatic carbocycles. The Morgan fingerprint density at radius 3 is 2.69 bits per heavy atom. The lowest BCUT2D eigenvalue weighted by Gasteiger charge is -2.07. The van der Waals surface area contributed by atoms with Crippen LogP contribution in [0.3, 0.4) is 0 Å². The fraction of sp³-hybridized carbons (Fsp3) is 0.200. The molecule has 2 N–H and O–H groups in total. The van der Waals surface area contributed by atoms with Gasteiger partial charge in [-0.3, -0.25) is 19.0 Å². The minimum Gasteiger partial charge on any atom is -0.464 e. The van der Waals surface area contributed by atoms with Gasteiger partial charge in [-0.15, -0.1) is 0 Å². The van der Waals surface area contributed by atoms with Crippen molar-refractivity contribution in [3.8, 4) is 0 Å². The molecule has 0 saturated carbocycles. The SMILES string of the molecule is COC(=O)c1n[nH]c2ccc(NC(=O)CCn3c(=O)n(C)c4ccccc43)cc12.